The molecule has 1 fully saturated rings. The van der Waals surface area contributed by atoms with Gasteiger partial charge in [-0.05, 0) is 5.56 Å². The molecule has 3 atom stereocenters. The molecule has 2 rings (SSSR count). The summed E-state index contributed by atoms with van der Waals surface area (Å²) in [5.74, 6) is -0.305. The van der Waals surface area contributed by atoms with Crippen molar-refractivity contribution in [1.29, 1.82) is 0 Å². The first-order valence-corrected chi connectivity index (χ1v) is 7.30. The lowest BCUT2D eigenvalue weighted by molar-refractivity contribution is -0.148. The van der Waals surface area contributed by atoms with Gasteiger partial charge in [-0.15, -0.1) is 0 Å². The second-order valence-corrected chi connectivity index (χ2v) is 5.42. The normalized spacial score (nSPS) is 23.8. The van der Waals surface area contributed by atoms with Gasteiger partial charge in [-0.1, -0.05) is 30.3 Å². The van der Waals surface area contributed by atoms with Gasteiger partial charge in [-0.3, -0.25) is 9.59 Å². The average molecular weight is 306 g/mol. The van der Waals surface area contributed by atoms with Crippen LogP contribution in [-0.2, 0) is 14.3 Å². The first-order chi connectivity index (χ1) is 10.6. The van der Waals surface area contributed by atoms with Crippen LogP contribution in [0.2, 0.25) is 0 Å². The standard InChI is InChI=1S/C16H22N2O4/c1-11(20)18-13(8-17-15(21)10-22-2)16(14(18)9-19)12-6-4-3-5-7-12/h3-7,13-14,16,19H,8-10H2,1-2H3,(H,17,21)/t13-,14+,16+/m1/s1. The monoisotopic (exact) mass is 306 g/mol. The van der Waals surface area contributed by atoms with Crippen LogP contribution in [-0.4, -0.2) is 60.8 Å². The van der Waals surface area contributed by atoms with Crippen molar-refractivity contribution in [2.45, 2.75) is 24.9 Å². The zero-order valence-corrected chi connectivity index (χ0v) is 12.9. The van der Waals surface area contributed by atoms with Crippen molar-refractivity contribution < 1.29 is 19.4 Å². The fourth-order valence-corrected chi connectivity index (χ4v) is 3.16. The Labute approximate surface area is 130 Å². The van der Waals surface area contributed by atoms with Gasteiger partial charge in [0.25, 0.3) is 0 Å². The quantitative estimate of drug-likeness (QED) is 0.783. The number of likely N-dealkylation sites (tertiary alicyclic amines) is 1. The highest BCUT2D eigenvalue weighted by Crippen LogP contribution is 2.40. The van der Waals surface area contributed by atoms with Gasteiger partial charge in [-0.25, -0.2) is 0 Å². The number of nitrogens with zero attached hydrogens (tertiary/aromatic N) is 1. The minimum Gasteiger partial charge on any atom is -0.394 e. The van der Waals surface area contributed by atoms with Crippen LogP contribution in [0.15, 0.2) is 30.3 Å². The third kappa shape index (κ3) is 3.28. The van der Waals surface area contributed by atoms with E-state index in [0.29, 0.717) is 6.54 Å². The van der Waals surface area contributed by atoms with E-state index in [9.17, 15) is 14.7 Å². The van der Waals surface area contributed by atoms with Crippen LogP contribution in [0.5, 0.6) is 0 Å². The van der Waals surface area contributed by atoms with Gasteiger partial charge >= 0.3 is 0 Å². The molecule has 120 valence electrons. The van der Waals surface area contributed by atoms with Crippen LogP contribution in [0, 0.1) is 0 Å². The topological polar surface area (TPSA) is 78.9 Å². The largest absolute Gasteiger partial charge is 0.394 e. The number of amides is 2. The highest BCUT2D eigenvalue weighted by atomic mass is 16.5. The van der Waals surface area contributed by atoms with Crippen LogP contribution in [0.25, 0.3) is 0 Å². The van der Waals surface area contributed by atoms with E-state index in [0.717, 1.165) is 5.56 Å². The molecule has 0 aliphatic carbocycles. The molecule has 0 unspecified atom stereocenters. The molecule has 2 amide bonds. The molecular weight excluding hydrogens is 284 g/mol. The molecule has 0 radical (unpaired) electrons. The number of carbonyl (C=O) groups is 2. The summed E-state index contributed by atoms with van der Waals surface area (Å²) >= 11 is 0. The predicted octanol–water partition coefficient (Wildman–Crippen LogP) is 0.124. The number of benzene rings is 1. The summed E-state index contributed by atoms with van der Waals surface area (Å²) in [5, 5.41) is 12.4. The molecule has 6 nitrogen and oxygen atoms in total. The number of rotatable bonds is 6. The summed E-state index contributed by atoms with van der Waals surface area (Å²) < 4.78 is 4.78. The number of aliphatic hydroxyl groups excluding tert-OH is 1. The first kappa shape index (κ1) is 16.5. The van der Waals surface area contributed by atoms with Gasteiger partial charge in [-0.2, -0.15) is 0 Å². The van der Waals surface area contributed by atoms with Gasteiger partial charge < -0.3 is 20.1 Å². The maximum atomic E-state index is 11.8. The second kappa shape index (κ2) is 7.38. The molecule has 1 aromatic carbocycles. The van der Waals surface area contributed by atoms with Crippen LogP contribution < -0.4 is 5.32 Å². The van der Waals surface area contributed by atoms with E-state index < -0.39 is 0 Å². The number of carbonyl (C=O) groups excluding carboxylic acids is 2. The van der Waals surface area contributed by atoms with Gasteiger partial charge in [0.2, 0.25) is 11.8 Å². The number of methoxy groups -OCH3 is 1. The van der Waals surface area contributed by atoms with E-state index in [1.165, 1.54) is 14.0 Å². The summed E-state index contributed by atoms with van der Waals surface area (Å²) in [4.78, 5) is 25.0. The number of ether oxygens (including phenoxy) is 1. The zero-order chi connectivity index (χ0) is 16.1. The van der Waals surface area contributed by atoms with Gasteiger partial charge in [0.1, 0.15) is 6.61 Å². The van der Waals surface area contributed by atoms with Crippen molar-refractivity contribution >= 4 is 11.8 Å². The maximum absolute atomic E-state index is 11.8. The van der Waals surface area contributed by atoms with E-state index >= 15 is 0 Å². The predicted molar refractivity (Wildman–Crippen MR) is 81.3 cm³/mol. The average Bonchev–Trinajstić information content (AvgIpc) is 2.47. The molecule has 6 heteroatoms. The number of hydrogen-bond acceptors (Lipinski definition) is 4. The van der Waals surface area contributed by atoms with Crippen molar-refractivity contribution in [3.8, 4) is 0 Å². The summed E-state index contributed by atoms with van der Waals surface area (Å²) in [6, 6.07) is 9.35. The molecule has 0 spiro atoms. The van der Waals surface area contributed by atoms with Crippen LogP contribution in [0.1, 0.15) is 18.4 Å². The Hall–Kier alpha value is -1.92. The number of hydrogen-bond donors (Lipinski definition) is 2. The lowest BCUT2D eigenvalue weighted by atomic mass is 9.75. The molecular formula is C16H22N2O4. The van der Waals surface area contributed by atoms with Crippen molar-refractivity contribution in [1.82, 2.24) is 10.2 Å². The Kier molecular flexibility index (Phi) is 5.51. The van der Waals surface area contributed by atoms with Crippen molar-refractivity contribution in [2.24, 2.45) is 0 Å². The molecule has 0 aromatic heterocycles. The minimum absolute atomic E-state index is 0.00771. The van der Waals surface area contributed by atoms with Gasteiger partial charge in [0.15, 0.2) is 0 Å². The molecule has 1 heterocycles. The smallest absolute Gasteiger partial charge is 0.246 e. The third-order valence-corrected chi connectivity index (χ3v) is 4.06. The van der Waals surface area contributed by atoms with Gasteiger partial charge in [0.05, 0.1) is 18.7 Å². The van der Waals surface area contributed by atoms with Crippen molar-refractivity contribution in [3.05, 3.63) is 35.9 Å². The molecule has 0 bridgehead atoms. The van der Waals surface area contributed by atoms with E-state index in [4.69, 9.17) is 4.74 Å². The van der Waals surface area contributed by atoms with Crippen LogP contribution in [0.4, 0.5) is 0 Å². The van der Waals surface area contributed by atoms with E-state index in [1.807, 2.05) is 30.3 Å². The fraction of sp³-hybridized carbons (Fsp3) is 0.500. The fourth-order valence-electron chi connectivity index (χ4n) is 3.16. The number of nitrogens with one attached hydrogen (secondary N) is 1. The molecule has 0 saturated carbocycles. The molecule has 2 N–H and O–H groups in total. The third-order valence-electron chi connectivity index (χ3n) is 4.06. The van der Waals surface area contributed by atoms with Crippen LogP contribution in [0.3, 0.4) is 0 Å². The Morgan fingerprint density at radius 2 is 1.95 bits per heavy atom. The lowest BCUT2D eigenvalue weighted by Gasteiger charge is -2.54. The van der Waals surface area contributed by atoms with Crippen molar-refractivity contribution in [3.63, 3.8) is 0 Å². The molecule has 1 aromatic rings. The molecule has 1 aliphatic rings. The van der Waals surface area contributed by atoms with E-state index in [-0.39, 0.29) is 43.0 Å². The molecule has 1 saturated heterocycles. The lowest BCUT2D eigenvalue weighted by Crippen LogP contribution is -2.68. The molecule has 1 aliphatic heterocycles. The van der Waals surface area contributed by atoms with Crippen LogP contribution >= 0.6 is 0 Å². The zero-order valence-electron chi connectivity index (χ0n) is 12.9. The Morgan fingerprint density at radius 1 is 1.27 bits per heavy atom. The van der Waals surface area contributed by atoms with Gasteiger partial charge in [0, 0.05) is 26.5 Å². The highest BCUT2D eigenvalue weighted by Gasteiger charge is 2.49. The highest BCUT2D eigenvalue weighted by molar-refractivity contribution is 5.78. The number of aliphatic hydroxyl groups is 1. The Bertz CT molecular complexity index is 520. The maximum Gasteiger partial charge on any atom is 0.246 e. The summed E-state index contributed by atoms with van der Waals surface area (Å²) in [5.41, 5.74) is 1.06. The minimum atomic E-state index is -0.246. The SMILES string of the molecule is COCC(=O)NC[C@@H]1[C@H](c2ccccc2)[C@H](CO)N1C(C)=O. The second-order valence-electron chi connectivity index (χ2n) is 5.42. The van der Waals surface area contributed by atoms with E-state index in [2.05, 4.69) is 5.32 Å². The Morgan fingerprint density at radius 3 is 2.50 bits per heavy atom. The summed E-state index contributed by atoms with van der Waals surface area (Å²) in [7, 11) is 1.46. The Balaban J connectivity index is 2.14. The molecule has 22 heavy (non-hydrogen) atoms. The van der Waals surface area contributed by atoms with Crippen molar-refractivity contribution in [2.75, 3.05) is 26.9 Å². The van der Waals surface area contributed by atoms with E-state index in [1.54, 1.807) is 4.90 Å². The first-order valence-electron chi connectivity index (χ1n) is 7.30. The summed E-state index contributed by atoms with van der Waals surface area (Å²) in [6.45, 7) is 1.72. The summed E-state index contributed by atoms with van der Waals surface area (Å²) in [6.07, 6.45) is 0.